The zero-order chi connectivity index (χ0) is 17.1. The highest BCUT2D eigenvalue weighted by molar-refractivity contribution is 6.02. The summed E-state index contributed by atoms with van der Waals surface area (Å²) < 4.78 is 17.7. The van der Waals surface area contributed by atoms with Gasteiger partial charge in [0.25, 0.3) is 0 Å². The van der Waals surface area contributed by atoms with Crippen molar-refractivity contribution in [2.45, 2.75) is 63.6 Å². The first kappa shape index (κ1) is 16.7. The minimum absolute atomic E-state index is 0.251. The first-order valence-electron chi connectivity index (χ1n) is 9.55. The average molecular weight is 345 g/mol. The van der Waals surface area contributed by atoms with Crippen LogP contribution in [0.5, 0.6) is 11.5 Å². The Kier molecular flexibility index (Phi) is 4.84. The topological polar surface area (TPSA) is 49.3 Å². The quantitative estimate of drug-likeness (QED) is 0.779. The third-order valence-corrected chi connectivity index (χ3v) is 5.24. The lowest BCUT2D eigenvalue weighted by molar-refractivity contribution is -0.0237. The summed E-state index contributed by atoms with van der Waals surface area (Å²) in [5.41, 5.74) is 1.77. The smallest absolute Gasteiger partial charge is 0.168 e. The van der Waals surface area contributed by atoms with Gasteiger partial charge in [0, 0.05) is 18.4 Å². The van der Waals surface area contributed by atoms with Crippen molar-refractivity contribution in [3.63, 3.8) is 0 Å². The fraction of sp³-hybridized carbons (Fsp3) is 0.650. The molecule has 1 saturated carbocycles. The van der Waals surface area contributed by atoms with Crippen molar-refractivity contribution in [2.75, 3.05) is 19.8 Å². The fourth-order valence-corrected chi connectivity index (χ4v) is 3.77. The van der Waals surface area contributed by atoms with Crippen molar-refractivity contribution in [1.29, 1.82) is 0 Å². The molecule has 0 amide bonds. The third-order valence-electron chi connectivity index (χ3n) is 5.24. The second kappa shape index (κ2) is 7.24. The monoisotopic (exact) mass is 345 g/mol. The van der Waals surface area contributed by atoms with Crippen LogP contribution in [0.25, 0.3) is 0 Å². The van der Waals surface area contributed by atoms with E-state index in [-0.39, 0.29) is 5.60 Å². The van der Waals surface area contributed by atoms with Crippen LogP contribution in [-0.2, 0) is 9.57 Å². The number of oxime groups is 1. The molecular formula is C20H27NO4. The van der Waals surface area contributed by atoms with Gasteiger partial charge in [-0.3, -0.25) is 0 Å². The van der Waals surface area contributed by atoms with Gasteiger partial charge in [-0.1, -0.05) is 12.1 Å². The highest BCUT2D eigenvalue weighted by atomic mass is 16.7. The number of rotatable bonds is 6. The molecule has 1 spiro atoms. The summed E-state index contributed by atoms with van der Waals surface area (Å²) in [7, 11) is 0. The van der Waals surface area contributed by atoms with E-state index in [1.807, 2.05) is 6.07 Å². The van der Waals surface area contributed by atoms with Gasteiger partial charge >= 0.3 is 0 Å². The SMILES string of the molecule is CCCOc1cc(C2=NOC3(CCOC3)C2)ccc1OC1CCCC1. The molecule has 1 aliphatic carbocycles. The van der Waals surface area contributed by atoms with Gasteiger partial charge in [-0.2, -0.15) is 0 Å². The Morgan fingerprint density at radius 2 is 2.12 bits per heavy atom. The van der Waals surface area contributed by atoms with Crippen LogP contribution in [-0.4, -0.2) is 37.2 Å². The zero-order valence-electron chi connectivity index (χ0n) is 15.0. The van der Waals surface area contributed by atoms with E-state index >= 15 is 0 Å². The standard InChI is InChI=1S/C20H27NO4/c1-2-10-23-19-12-15(7-8-18(19)24-16-5-3-4-6-16)17-13-20(25-21-17)9-11-22-14-20/h7-8,12,16H,2-6,9-11,13-14H2,1H3. The fourth-order valence-electron chi connectivity index (χ4n) is 3.77. The molecule has 1 saturated heterocycles. The average Bonchev–Trinajstić information content (AvgIpc) is 3.38. The predicted molar refractivity (Wildman–Crippen MR) is 95.5 cm³/mol. The summed E-state index contributed by atoms with van der Waals surface area (Å²) in [6, 6.07) is 6.15. The van der Waals surface area contributed by atoms with E-state index in [2.05, 4.69) is 24.2 Å². The van der Waals surface area contributed by atoms with E-state index in [1.54, 1.807) is 0 Å². The maximum absolute atomic E-state index is 6.20. The molecule has 1 aromatic carbocycles. The van der Waals surface area contributed by atoms with Gasteiger partial charge in [-0.05, 0) is 50.3 Å². The minimum Gasteiger partial charge on any atom is -0.490 e. The van der Waals surface area contributed by atoms with Gasteiger partial charge < -0.3 is 19.0 Å². The summed E-state index contributed by atoms with van der Waals surface area (Å²) in [5.74, 6) is 1.67. The van der Waals surface area contributed by atoms with Crippen LogP contribution in [0.15, 0.2) is 23.4 Å². The van der Waals surface area contributed by atoms with Gasteiger partial charge in [-0.15, -0.1) is 0 Å². The highest BCUT2D eigenvalue weighted by Gasteiger charge is 2.43. The van der Waals surface area contributed by atoms with Gasteiger partial charge in [-0.25, -0.2) is 0 Å². The normalized spacial score (nSPS) is 26.0. The molecule has 1 aromatic rings. The first-order chi connectivity index (χ1) is 12.3. The van der Waals surface area contributed by atoms with Gasteiger partial charge in [0.1, 0.15) is 0 Å². The molecule has 2 aliphatic heterocycles. The Morgan fingerprint density at radius 3 is 2.88 bits per heavy atom. The Hall–Kier alpha value is -1.75. The molecule has 0 bridgehead atoms. The number of benzene rings is 1. The second-order valence-electron chi connectivity index (χ2n) is 7.33. The van der Waals surface area contributed by atoms with Crippen LogP contribution in [0.3, 0.4) is 0 Å². The van der Waals surface area contributed by atoms with E-state index in [0.29, 0.717) is 19.3 Å². The molecule has 2 fully saturated rings. The molecular weight excluding hydrogens is 318 g/mol. The maximum atomic E-state index is 6.20. The number of ether oxygens (including phenoxy) is 3. The van der Waals surface area contributed by atoms with E-state index in [1.165, 1.54) is 12.8 Å². The molecule has 3 aliphatic rings. The van der Waals surface area contributed by atoms with Crippen molar-refractivity contribution in [3.8, 4) is 11.5 Å². The molecule has 5 heteroatoms. The lowest BCUT2D eigenvalue weighted by Gasteiger charge is -2.18. The van der Waals surface area contributed by atoms with Gasteiger partial charge in [0.2, 0.25) is 0 Å². The Labute approximate surface area is 149 Å². The Balaban J connectivity index is 1.52. The van der Waals surface area contributed by atoms with Crippen LogP contribution in [0.2, 0.25) is 0 Å². The molecule has 2 heterocycles. The maximum Gasteiger partial charge on any atom is 0.168 e. The summed E-state index contributed by atoms with van der Waals surface area (Å²) in [4.78, 5) is 5.72. The molecule has 0 N–H and O–H groups in total. The van der Waals surface area contributed by atoms with E-state index < -0.39 is 0 Å². The summed E-state index contributed by atoms with van der Waals surface area (Å²) in [6.45, 7) is 4.18. The molecule has 0 radical (unpaired) electrons. The lowest BCUT2D eigenvalue weighted by atomic mass is 9.93. The Bertz CT molecular complexity index is 631. The Morgan fingerprint density at radius 1 is 1.24 bits per heavy atom. The van der Waals surface area contributed by atoms with Crippen LogP contribution in [0.1, 0.15) is 57.4 Å². The molecule has 25 heavy (non-hydrogen) atoms. The number of nitrogens with zero attached hydrogens (tertiary/aromatic N) is 1. The molecule has 136 valence electrons. The number of hydrogen-bond donors (Lipinski definition) is 0. The molecule has 1 atom stereocenters. The summed E-state index contributed by atoms with van der Waals surface area (Å²) in [6.07, 6.45) is 7.78. The molecule has 4 rings (SSSR count). The van der Waals surface area contributed by atoms with Crippen LogP contribution < -0.4 is 9.47 Å². The second-order valence-corrected chi connectivity index (χ2v) is 7.33. The third kappa shape index (κ3) is 3.61. The van der Waals surface area contributed by atoms with Gasteiger partial charge in [0.15, 0.2) is 17.1 Å². The minimum atomic E-state index is -0.251. The van der Waals surface area contributed by atoms with E-state index in [9.17, 15) is 0 Å². The van der Waals surface area contributed by atoms with Gasteiger partial charge in [0.05, 0.1) is 31.6 Å². The highest BCUT2D eigenvalue weighted by Crippen LogP contribution is 2.37. The first-order valence-corrected chi connectivity index (χ1v) is 9.55. The van der Waals surface area contributed by atoms with Crippen molar-refractivity contribution >= 4 is 5.71 Å². The lowest BCUT2D eigenvalue weighted by Crippen LogP contribution is -2.29. The number of hydrogen-bond acceptors (Lipinski definition) is 5. The van der Waals surface area contributed by atoms with Crippen molar-refractivity contribution in [2.24, 2.45) is 5.16 Å². The zero-order valence-corrected chi connectivity index (χ0v) is 15.0. The predicted octanol–water partition coefficient (Wildman–Crippen LogP) is 4.08. The molecule has 0 aromatic heterocycles. The van der Waals surface area contributed by atoms with Crippen molar-refractivity contribution in [3.05, 3.63) is 23.8 Å². The van der Waals surface area contributed by atoms with Crippen molar-refractivity contribution < 1.29 is 19.0 Å². The van der Waals surface area contributed by atoms with Crippen LogP contribution in [0, 0.1) is 0 Å². The van der Waals surface area contributed by atoms with Crippen molar-refractivity contribution in [1.82, 2.24) is 0 Å². The van der Waals surface area contributed by atoms with E-state index in [0.717, 1.165) is 61.5 Å². The summed E-state index contributed by atoms with van der Waals surface area (Å²) in [5, 5.41) is 4.34. The van der Waals surface area contributed by atoms with E-state index in [4.69, 9.17) is 19.0 Å². The largest absolute Gasteiger partial charge is 0.490 e. The molecule has 1 unspecified atom stereocenters. The molecule has 5 nitrogen and oxygen atoms in total. The van der Waals surface area contributed by atoms with Crippen LogP contribution in [0.4, 0.5) is 0 Å². The summed E-state index contributed by atoms with van der Waals surface area (Å²) >= 11 is 0. The van der Waals surface area contributed by atoms with Crippen LogP contribution >= 0.6 is 0 Å².